The molecule has 0 aliphatic heterocycles. The van der Waals surface area contributed by atoms with Gasteiger partial charge in [0.05, 0.1) is 29.7 Å². The molecule has 0 fully saturated rings. The van der Waals surface area contributed by atoms with Gasteiger partial charge in [-0.05, 0) is 42.5 Å². The number of carbonyl (C=O) groups is 1. The predicted molar refractivity (Wildman–Crippen MR) is 186 cm³/mol. The van der Waals surface area contributed by atoms with E-state index in [1.54, 1.807) is 55.6 Å². The van der Waals surface area contributed by atoms with E-state index >= 15 is 0 Å². The summed E-state index contributed by atoms with van der Waals surface area (Å²) in [5.74, 6) is 0.672. The summed E-state index contributed by atoms with van der Waals surface area (Å²) in [4.78, 5) is 19.8. The van der Waals surface area contributed by atoms with Crippen LogP contribution in [0, 0.1) is 5.82 Å². The number of para-hydroxylation sites is 1. The van der Waals surface area contributed by atoms with E-state index in [0.717, 1.165) is 27.4 Å². The summed E-state index contributed by atoms with van der Waals surface area (Å²) in [7, 11) is 5.32. The summed E-state index contributed by atoms with van der Waals surface area (Å²) < 4.78 is 17.6. The SMILES string of the molecule is CN(/N=C/c1cc(-c2nncn2C)nc2ccc3cn[nH]c3c12)C(N)=S.Cn1cnnc1-c1cc(/C=N/NC(N)=O)c2cccc(F)c2n1. The molecule has 0 saturated carbocycles. The number of hydrogen-bond acceptors (Lipinski definition) is 11. The Bertz CT molecular complexity index is 2410. The average molecular weight is 679 g/mol. The molecular weight excluding hydrogens is 652 g/mol. The van der Waals surface area contributed by atoms with Crippen molar-refractivity contribution in [1.29, 1.82) is 0 Å². The van der Waals surface area contributed by atoms with Gasteiger partial charge in [0, 0.05) is 48.4 Å². The van der Waals surface area contributed by atoms with Crippen molar-refractivity contribution >= 4 is 68.5 Å². The lowest BCUT2D eigenvalue weighted by molar-refractivity contribution is 0.249. The van der Waals surface area contributed by atoms with Gasteiger partial charge < -0.3 is 20.6 Å². The standard InChI is InChI=1S/C16H15N9S.C14H12FN7O/c1-24-8-19-23-15(24)12-5-10(7-20-25(2)16(17)26)13-11(21-12)4-3-9-6-18-22-14(9)13;1-22-7-18-20-13(22)11-5-8(6-17-21-14(16)23)9-3-2-4-10(15)12(9)19-11/h3-8H,1-2H3,(H2,17,26)(H,18,22);2-7H,1H3,(H3,16,21,23)/b20-7+;17-6+. The maximum Gasteiger partial charge on any atom is 0.332 e. The number of amides is 2. The van der Waals surface area contributed by atoms with Crippen LogP contribution in [0.25, 0.3) is 55.7 Å². The van der Waals surface area contributed by atoms with Crippen molar-refractivity contribution in [3.8, 4) is 23.0 Å². The molecule has 0 aliphatic carbocycles. The van der Waals surface area contributed by atoms with Crippen LogP contribution in [-0.4, -0.2) is 85.3 Å². The smallest absolute Gasteiger partial charge is 0.332 e. The highest BCUT2D eigenvalue weighted by Gasteiger charge is 2.15. The molecule has 2 aromatic carbocycles. The van der Waals surface area contributed by atoms with Crippen LogP contribution in [0.1, 0.15) is 11.1 Å². The molecule has 0 unspecified atom stereocenters. The summed E-state index contributed by atoms with van der Waals surface area (Å²) in [5, 5.41) is 35.1. The van der Waals surface area contributed by atoms with Crippen molar-refractivity contribution in [2.24, 2.45) is 35.8 Å². The Morgan fingerprint density at radius 3 is 2.35 bits per heavy atom. The molecule has 5 heterocycles. The first kappa shape index (κ1) is 32.2. The Labute approximate surface area is 281 Å². The molecular formula is C30H27FN16OS. The molecule has 0 atom stereocenters. The predicted octanol–water partition coefficient (Wildman–Crippen LogP) is 2.59. The highest BCUT2D eigenvalue weighted by molar-refractivity contribution is 7.80. The number of aromatic nitrogens is 10. The fourth-order valence-corrected chi connectivity index (χ4v) is 4.89. The number of aromatic amines is 1. The lowest BCUT2D eigenvalue weighted by Gasteiger charge is -2.10. The zero-order valence-electron chi connectivity index (χ0n) is 26.1. The normalized spacial score (nSPS) is 11.4. The first-order chi connectivity index (χ1) is 23.6. The largest absolute Gasteiger partial charge is 0.375 e. The number of aryl methyl sites for hydroxylation is 2. The first-order valence-corrected chi connectivity index (χ1v) is 14.7. The minimum absolute atomic E-state index is 0.175. The highest BCUT2D eigenvalue weighted by atomic mass is 32.1. The van der Waals surface area contributed by atoms with E-state index in [1.807, 2.05) is 29.8 Å². The zero-order chi connectivity index (χ0) is 34.7. The lowest BCUT2D eigenvalue weighted by Crippen LogP contribution is -2.27. The van der Waals surface area contributed by atoms with Crippen LogP contribution in [0.3, 0.4) is 0 Å². The van der Waals surface area contributed by atoms with Crippen molar-refractivity contribution in [1.82, 2.24) is 60.1 Å². The number of primary amides is 1. The molecule has 2 amide bonds. The number of nitrogens with one attached hydrogen (secondary N) is 2. The lowest BCUT2D eigenvalue weighted by atomic mass is 10.1. The number of pyridine rings is 2. The Morgan fingerprint density at radius 1 is 1.00 bits per heavy atom. The van der Waals surface area contributed by atoms with E-state index in [-0.39, 0.29) is 10.6 Å². The highest BCUT2D eigenvalue weighted by Crippen LogP contribution is 2.28. The number of halogens is 1. The second-order valence-electron chi connectivity index (χ2n) is 10.5. The monoisotopic (exact) mass is 678 g/mol. The first-order valence-electron chi connectivity index (χ1n) is 14.3. The topological polar surface area (TPSA) is 225 Å². The van der Waals surface area contributed by atoms with Crippen LogP contribution in [0.4, 0.5) is 9.18 Å². The molecule has 5 aromatic heterocycles. The molecule has 6 N–H and O–H groups in total. The van der Waals surface area contributed by atoms with E-state index in [9.17, 15) is 9.18 Å². The van der Waals surface area contributed by atoms with Crippen molar-refractivity contribution in [3.05, 3.63) is 78.3 Å². The summed E-state index contributed by atoms with van der Waals surface area (Å²) >= 11 is 4.94. The Hall–Kier alpha value is -6.76. The number of hydrogen-bond donors (Lipinski definition) is 4. The van der Waals surface area contributed by atoms with Crippen LogP contribution in [-0.2, 0) is 14.1 Å². The molecule has 17 nitrogen and oxygen atoms in total. The van der Waals surface area contributed by atoms with Crippen LogP contribution in [0.2, 0.25) is 0 Å². The fraction of sp³-hybridized carbons (Fsp3) is 0.100. The van der Waals surface area contributed by atoms with Gasteiger partial charge in [-0.25, -0.2) is 29.6 Å². The van der Waals surface area contributed by atoms with Crippen molar-refractivity contribution < 1.29 is 9.18 Å². The van der Waals surface area contributed by atoms with Gasteiger partial charge in [-0.3, -0.25) is 5.10 Å². The van der Waals surface area contributed by atoms with E-state index in [1.165, 1.54) is 23.6 Å². The zero-order valence-corrected chi connectivity index (χ0v) is 27.0. The molecule has 49 heavy (non-hydrogen) atoms. The Kier molecular flexibility index (Phi) is 8.89. The minimum atomic E-state index is -0.792. The summed E-state index contributed by atoms with van der Waals surface area (Å²) in [6, 6.07) is 11.3. The second kappa shape index (κ2) is 13.5. The number of thiocarbonyl (C=S) groups is 1. The molecule has 246 valence electrons. The Balaban J connectivity index is 0.000000171. The molecule has 7 rings (SSSR count). The number of nitrogens with two attached hydrogens (primary N) is 2. The van der Waals surface area contributed by atoms with Gasteiger partial charge in [0.25, 0.3) is 0 Å². The van der Waals surface area contributed by atoms with Gasteiger partial charge in [-0.1, -0.05) is 12.1 Å². The molecule has 0 spiro atoms. The van der Waals surface area contributed by atoms with Crippen LogP contribution >= 0.6 is 12.2 Å². The quantitative estimate of drug-likeness (QED) is 0.114. The van der Waals surface area contributed by atoms with Crippen molar-refractivity contribution in [3.63, 3.8) is 0 Å². The number of fused-ring (bicyclic) bond motifs is 4. The maximum absolute atomic E-state index is 14.1. The number of hydrazone groups is 2. The summed E-state index contributed by atoms with van der Waals surface area (Å²) in [6.07, 6.45) is 7.99. The molecule has 19 heteroatoms. The second-order valence-corrected chi connectivity index (χ2v) is 10.9. The minimum Gasteiger partial charge on any atom is -0.375 e. The average Bonchev–Trinajstić information content (AvgIpc) is 3.84. The van der Waals surface area contributed by atoms with E-state index in [0.29, 0.717) is 34.0 Å². The van der Waals surface area contributed by atoms with Crippen LogP contribution in [0.5, 0.6) is 0 Å². The van der Waals surface area contributed by atoms with Crippen molar-refractivity contribution in [2.45, 2.75) is 0 Å². The number of benzene rings is 2. The van der Waals surface area contributed by atoms with Gasteiger partial charge in [0.15, 0.2) is 16.8 Å². The van der Waals surface area contributed by atoms with Gasteiger partial charge in [-0.15, -0.1) is 20.4 Å². The van der Waals surface area contributed by atoms with Gasteiger partial charge in [-0.2, -0.15) is 15.3 Å². The summed E-state index contributed by atoms with van der Waals surface area (Å²) in [5.41, 5.74) is 17.0. The van der Waals surface area contributed by atoms with Gasteiger partial charge >= 0.3 is 6.03 Å². The molecule has 0 bridgehead atoms. The van der Waals surface area contributed by atoms with E-state index in [2.05, 4.69) is 51.2 Å². The number of nitrogens with zero attached hydrogens (tertiary/aromatic N) is 12. The van der Waals surface area contributed by atoms with Crippen LogP contribution < -0.4 is 16.9 Å². The van der Waals surface area contributed by atoms with Crippen molar-refractivity contribution in [2.75, 3.05) is 7.05 Å². The third-order valence-electron chi connectivity index (χ3n) is 7.19. The Morgan fingerprint density at radius 2 is 1.69 bits per heavy atom. The number of carbonyl (C=O) groups excluding carboxylic acids is 1. The van der Waals surface area contributed by atoms with Gasteiger partial charge in [0.2, 0.25) is 0 Å². The number of rotatable bonds is 6. The van der Waals surface area contributed by atoms with E-state index in [4.69, 9.17) is 28.7 Å². The van der Waals surface area contributed by atoms with E-state index < -0.39 is 11.8 Å². The third kappa shape index (κ3) is 6.72. The van der Waals surface area contributed by atoms with Gasteiger partial charge in [0.1, 0.15) is 35.4 Å². The number of urea groups is 1. The molecule has 0 radical (unpaired) electrons. The fourth-order valence-electron chi connectivity index (χ4n) is 4.85. The number of H-pyrrole nitrogens is 1. The molecule has 0 saturated heterocycles. The third-order valence-corrected chi connectivity index (χ3v) is 7.45. The summed E-state index contributed by atoms with van der Waals surface area (Å²) in [6.45, 7) is 0. The molecule has 0 aliphatic rings. The van der Waals surface area contributed by atoms with Crippen LogP contribution in [0.15, 0.2) is 71.5 Å². The molecule has 7 aromatic rings. The maximum atomic E-state index is 14.1.